The van der Waals surface area contributed by atoms with E-state index in [9.17, 15) is 0 Å². The number of hydrogen-bond acceptors (Lipinski definition) is 0. The maximum atomic E-state index is 2.64. The van der Waals surface area contributed by atoms with E-state index in [-0.39, 0.29) is 42.1 Å². The third kappa shape index (κ3) is 3.96. The molecule has 0 aliphatic heterocycles. The molecule has 0 fully saturated rings. The Kier molecular flexibility index (Phi) is 6.65. The summed E-state index contributed by atoms with van der Waals surface area (Å²) in [5.41, 5.74) is 14.7. The zero-order valence-electron chi connectivity index (χ0n) is 21.5. The molecule has 1 atom stereocenters. The number of hydrogen-bond donors (Lipinski definition) is 0. The fourth-order valence-electron chi connectivity index (χ4n) is 6.90. The molecule has 0 bridgehead atoms. The Bertz CT molecular complexity index is 968. The molecule has 4 rings (SSSR count). The second-order valence-corrected chi connectivity index (χ2v) is 12.1. The molecule has 0 heterocycles. The fourth-order valence-corrected chi connectivity index (χ4v) is 6.90. The van der Waals surface area contributed by atoms with E-state index in [0.717, 1.165) is 0 Å². The van der Waals surface area contributed by atoms with Crippen LogP contribution in [0.3, 0.4) is 0 Å². The van der Waals surface area contributed by atoms with Gasteiger partial charge in [-0.05, 0) is 112 Å². The molecule has 1 aromatic carbocycles. The predicted octanol–water partition coefficient (Wildman–Crippen LogP) is 8.74. The molecule has 0 saturated carbocycles. The van der Waals surface area contributed by atoms with Crippen LogP contribution in [0.5, 0.6) is 0 Å². The van der Waals surface area contributed by atoms with E-state index in [0.29, 0.717) is 0 Å². The average Bonchev–Trinajstić information content (AvgIpc) is 2.99. The van der Waals surface area contributed by atoms with E-state index in [1.807, 2.05) is 0 Å². The van der Waals surface area contributed by atoms with Gasteiger partial charge < -0.3 is 0 Å². The Balaban J connectivity index is 0.00000272. The first-order chi connectivity index (χ1) is 13.9. The number of aryl methyl sites for hydroxylation is 2. The van der Waals surface area contributed by atoms with Gasteiger partial charge in [0.15, 0.2) is 0 Å². The number of benzene rings is 1. The van der Waals surface area contributed by atoms with E-state index in [1.165, 1.54) is 55.2 Å². The summed E-state index contributed by atoms with van der Waals surface area (Å²) in [4.78, 5) is 0. The van der Waals surface area contributed by atoms with Gasteiger partial charge in [-0.15, -0.1) is 0 Å². The largest absolute Gasteiger partial charge is 0.0620 e. The zero-order valence-corrected chi connectivity index (χ0v) is 25.1. The minimum atomic E-state index is 0. The third-order valence-electron chi connectivity index (χ3n) is 8.99. The van der Waals surface area contributed by atoms with Crippen molar-refractivity contribution in [1.82, 2.24) is 0 Å². The van der Waals surface area contributed by atoms with Crippen LogP contribution in [-0.4, -0.2) is 0 Å². The molecular weight excluding hydrogens is 539 g/mol. The molecule has 0 saturated heterocycles. The normalized spacial score (nSPS) is 24.7. The summed E-state index contributed by atoms with van der Waals surface area (Å²) < 4.78 is 0. The van der Waals surface area contributed by atoms with Gasteiger partial charge in [0.05, 0.1) is 0 Å². The maximum Gasteiger partial charge on any atom is 0.0184 e. The van der Waals surface area contributed by atoms with Gasteiger partial charge in [-0.3, -0.25) is 0 Å². The standard InChI is InChI=1S/C30H42.Hf/c1-19-14-26-15-24-12-10-11-13-25(24)16-27(26)30(19,17-28(6,7)8)18-29(9)22(4)20(2)21(3)23(29)5;/h14-16H,10-13,17-18H2,1-9H3;. The van der Waals surface area contributed by atoms with Gasteiger partial charge in [0, 0.05) is 36.7 Å². The average molecular weight is 581 g/mol. The van der Waals surface area contributed by atoms with Crippen LogP contribution in [0.2, 0.25) is 0 Å². The summed E-state index contributed by atoms with van der Waals surface area (Å²) in [6.45, 7) is 21.7. The number of rotatable bonds is 3. The molecule has 3 aliphatic rings. The van der Waals surface area contributed by atoms with Crippen LogP contribution in [0.4, 0.5) is 0 Å². The Morgan fingerprint density at radius 2 is 1.35 bits per heavy atom. The molecule has 1 unspecified atom stereocenters. The minimum Gasteiger partial charge on any atom is -0.0620 e. The zero-order chi connectivity index (χ0) is 22.1. The van der Waals surface area contributed by atoms with Crippen LogP contribution in [0.15, 0.2) is 40.0 Å². The van der Waals surface area contributed by atoms with Crippen molar-refractivity contribution in [1.29, 1.82) is 0 Å². The van der Waals surface area contributed by atoms with Gasteiger partial charge in [0.25, 0.3) is 0 Å². The van der Waals surface area contributed by atoms with Crippen LogP contribution in [0.25, 0.3) is 6.08 Å². The summed E-state index contributed by atoms with van der Waals surface area (Å²) in [5, 5.41) is 0. The van der Waals surface area contributed by atoms with Crippen molar-refractivity contribution >= 4 is 6.08 Å². The van der Waals surface area contributed by atoms with E-state index in [1.54, 1.807) is 33.4 Å². The van der Waals surface area contributed by atoms with Gasteiger partial charge in [0.2, 0.25) is 0 Å². The van der Waals surface area contributed by atoms with Crippen molar-refractivity contribution in [3.8, 4) is 0 Å². The Hall–Kier alpha value is -0.690. The summed E-state index contributed by atoms with van der Waals surface area (Å²) in [6, 6.07) is 5.19. The molecule has 0 nitrogen and oxygen atoms in total. The van der Waals surface area contributed by atoms with Crippen molar-refractivity contribution in [2.75, 3.05) is 0 Å². The van der Waals surface area contributed by atoms with Gasteiger partial charge >= 0.3 is 0 Å². The second kappa shape index (κ2) is 8.27. The van der Waals surface area contributed by atoms with Crippen LogP contribution < -0.4 is 0 Å². The van der Waals surface area contributed by atoms with Crippen molar-refractivity contribution in [2.45, 2.75) is 106 Å². The molecule has 31 heavy (non-hydrogen) atoms. The minimum absolute atomic E-state index is 0. The SMILES string of the molecule is CC1=Cc2cc3c(cc2C1(CC(C)(C)C)CC1(C)C(C)=C(C)C(C)=C1C)CCCC3.[Hf]. The van der Waals surface area contributed by atoms with Crippen molar-refractivity contribution in [2.24, 2.45) is 10.8 Å². The van der Waals surface area contributed by atoms with Crippen LogP contribution in [0, 0.1) is 10.8 Å². The molecule has 0 spiro atoms. The van der Waals surface area contributed by atoms with E-state index in [4.69, 9.17) is 0 Å². The molecule has 0 amide bonds. The maximum absolute atomic E-state index is 2.64. The molecule has 0 radical (unpaired) electrons. The molecule has 166 valence electrons. The van der Waals surface area contributed by atoms with Crippen molar-refractivity contribution < 1.29 is 25.8 Å². The van der Waals surface area contributed by atoms with Crippen LogP contribution >= 0.6 is 0 Å². The first-order valence-corrected chi connectivity index (χ1v) is 12.1. The van der Waals surface area contributed by atoms with Crippen LogP contribution in [0.1, 0.15) is 110 Å². The van der Waals surface area contributed by atoms with Crippen LogP contribution in [-0.2, 0) is 44.1 Å². The van der Waals surface area contributed by atoms with Crippen molar-refractivity contribution in [3.05, 3.63) is 62.3 Å². The topological polar surface area (TPSA) is 0 Å². The molecule has 3 aliphatic carbocycles. The van der Waals surface area contributed by atoms with E-state index in [2.05, 4.69) is 80.5 Å². The van der Waals surface area contributed by atoms with Gasteiger partial charge in [0.1, 0.15) is 0 Å². The first-order valence-electron chi connectivity index (χ1n) is 12.1. The molecule has 1 aromatic rings. The van der Waals surface area contributed by atoms with Crippen molar-refractivity contribution in [3.63, 3.8) is 0 Å². The Labute approximate surface area is 210 Å². The summed E-state index contributed by atoms with van der Waals surface area (Å²) in [5.74, 6) is 0. The summed E-state index contributed by atoms with van der Waals surface area (Å²) in [6.07, 6.45) is 10.2. The fraction of sp³-hybridized carbons (Fsp3) is 0.600. The summed E-state index contributed by atoms with van der Waals surface area (Å²) in [7, 11) is 0. The number of allylic oxidation sites excluding steroid dienone is 5. The smallest absolute Gasteiger partial charge is 0.0184 e. The van der Waals surface area contributed by atoms with Gasteiger partial charge in [-0.25, -0.2) is 0 Å². The van der Waals surface area contributed by atoms with Gasteiger partial charge in [-0.1, -0.05) is 62.6 Å². The third-order valence-corrected chi connectivity index (χ3v) is 8.99. The summed E-state index contributed by atoms with van der Waals surface area (Å²) >= 11 is 0. The molecule has 0 aromatic heterocycles. The van der Waals surface area contributed by atoms with Gasteiger partial charge in [-0.2, -0.15) is 0 Å². The Morgan fingerprint density at radius 1 is 0.839 bits per heavy atom. The molecule has 0 N–H and O–H groups in total. The monoisotopic (exact) mass is 582 g/mol. The predicted molar refractivity (Wildman–Crippen MR) is 132 cm³/mol. The van der Waals surface area contributed by atoms with E-state index < -0.39 is 0 Å². The molecule has 1 heteroatoms. The first kappa shape index (κ1) is 24.9. The second-order valence-electron chi connectivity index (χ2n) is 12.1. The number of fused-ring (bicyclic) bond motifs is 2. The van der Waals surface area contributed by atoms with E-state index >= 15 is 0 Å². The molecular formula is C30H42Hf. The quantitative estimate of drug-likeness (QED) is 0.314. The Morgan fingerprint density at radius 3 is 1.87 bits per heavy atom.